The number of aliphatic hydroxyl groups is 1. The largest absolute Gasteiger partial charge is 0.493 e. The zero-order valence-corrected chi connectivity index (χ0v) is 19.8. The number of fused-ring (bicyclic) bond motifs is 3. The maximum Gasteiger partial charge on any atom is 0.165 e. The van der Waals surface area contributed by atoms with Gasteiger partial charge in [0, 0.05) is 35.0 Å². The number of benzene rings is 3. The third-order valence-corrected chi connectivity index (χ3v) is 7.16. The second-order valence-corrected chi connectivity index (χ2v) is 9.07. The van der Waals surface area contributed by atoms with Crippen LogP contribution in [-0.4, -0.2) is 30.8 Å². The topological polar surface area (TPSA) is 65.7 Å². The van der Waals surface area contributed by atoms with Gasteiger partial charge in [-0.15, -0.1) is 0 Å². The van der Waals surface area contributed by atoms with E-state index in [1.807, 2.05) is 59.5 Å². The van der Waals surface area contributed by atoms with Crippen molar-refractivity contribution in [1.82, 2.24) is 4.90 Å². The Labute approximate surface area is 204 Å². The highest BCUT2D eigenvalue weighted by Crippen LogP contribution is 2.53. The predicted molar refractivity (Wildman–Crippen MR) is 132 cm³/mol. The minimum absolute atomic E-state index is 0.280. The van der Waals surface area contributed by atoms with Crippen LogP contribution in [0.5, 0.6) is 11.5 Å². The Balaban J connectivity index is 1.78. The standard InChI is InChI=1S/C28H25ClN2O3/c1-33-25-14-19-12-13-31-27(22(19)15-26(25)34-2)24(17-30)23(18-6-4-3-5-7-18)16-28(31,32)20-8-10-21(29)11-9-20/h3-11,14-15,23,32H,12-13,16H2,1-2H3. The van der Waals surface area contributed by atoms with E-state index in [2.05, 4.69) is 6.07 Å². The first-order chi connectivity index (χ1) is 16.5. The van der Waals surface area contributed by atoms with Crippen molar-refractivity contribution in [3.8, 4) is 17.6 Å². The summed E-state index contributed by atoms with van der Waals surface area (Å²) in [5, 5.41) is 23.3. The molecule has 3 aromatic rings. The SMILES string of the molecule is COc1cc2c(cc1OC)C1=C(C#N)C(c3ccccc3)CC(O)(c3ccc(Cl)cc3)N1CC2. The molecule has 6 heteroatoms. The second kappa shape index (κ2) is 8.72. The Morgan fingerprint density at radius 1 is 1.03 bits per heavy atom. The number of hydrogen-bond donors (Lipinski definition) is 1. The van der Waals surface area contributed by atoms with Gasteiger partial charge in [0.05, 0.1) is 31.6 Å². The normalized spacial score (nSPS) is 21.4. The molecule has 2 aliphatic rings. The van der Waals surface area contributed by atoms with Crippen molar-refractivity contribution >= 4 is 17.3 Å². The molecule has 2 atom stereocenters. The van der Waals surface area contributed by atoms with Crippen LogP contribution in [-0.2, 0) is 12.1 Å². The average Bonchev–Trinajstić information content (AvgIpc) is 2.88. The first-order valence-corrected chi connectivity index (χ1v) is 11.6. The Bertz CT molecular complexity index is 1300. The van der Waals surface area contributed by atoms with E-state index in [4.69, 9.17) is 21.1 Å². The molecule has 0 saturated carbocycles. The first kappa shape index (κ1) is 22.3. The fraction of sp³-hybridized carbons (Fsp3) is 0.250. The zero-order valence-electron chi connectivity index (χ0n) is 19.1. The van der Waals surface area contributed by atoms with Crippen molar-refractivity contribution in [1.29, 1.82) is 5.26 Å². The second-order valence-electron chi connectivity index (χ2n) is 8.63. The number of rotatable bonds is 4. The Morgan fingerprint density at radius 2 is 1.71 bits per heavy atom. The van der Waals surface area contributed by atoms with Gasteiger partial charge in [-0.05, 0) is 41.8 Å². The maximum absolute atomic E-state index is 12.3. The monoisotopic (exact) mass is 472 g/mol. The molecular formula is C28H25ClN2O3. The summed E-state index contributed by atoms with van der Waals surface area (Å²) in [4.78, 5) is 1.97. The van der Waals surface area contributed by atoms with E-state index in [0.717, 1.165) is 28.0 Å². The van der Waals surface area contributed by atoms with E-state index in [1.165, 1.54) is 0 Å². The van der Waals surface area contributed by atoms with Crippen LogP contribution >= 0.6 is 11.6 Å². The maximum atomic E-state index is 12.3. The third kappa shape index (κ3) is 3.51. The number of ether oxygens (including phenoxy) is 2. The van der Waals surface area contributed by atoms with E-state index in [-0.39, 0.29) is 5.92 Å². The van der Waals surface area contributed by atoms with Crippen LogP contribution in [0.2, 0.25) is 5.02 Å². The molecule has 0 aromatic heterocycles. The first-order valence-electron chi connectivity index (χ1n) is 11.2. The fourth-order valence-corrected chi connectivity index (χ4v) is 5.38. The van der Waals surface area contributed by atoms with Crippen molar-refractivity contribution < 1.29 is 14.6 Å². The Kier molecular flexibility index (Phi) is 5.73. The summed E-state index contributed by atoms with van der Waals surface area (Å²) in [6.07, 6.45) is 1.05. The van der Waals surface area contributed by atoms with Crippen LogP contribution in [0.3, 0.4) is 0 Å². The average molecular weight is 473 g/mol. The lowest BCUT2D eigenvalue weighted by Crippen LogP contribution is -2.51. The summed E-state index contributed by atoms with van der Waals surface area (Å²) in [7, 11) is 3.22. The number of hydrogen-bond acceptors (Lipinski definition) is 5. The molecular weight excluding hydrogens is 448 g/mol. The summed E-state index contributed by atoms with van der Waals surface area (Å²) in [5.74, 6) is 0.958. The van der Waals surface area contributed by atoms with Gasteiger partial charge < -0.3 is 19.5 Å². The molecule has 3 aromatic carbocycles. The molecule has 1 N–H and O–H groups in total. The van der Waals surface area contributed by atoms with Gasteiger partial charge in [0.15, 0.2) is 17.2 Å². The summed E-state index contributed by atoms with van der Waals surface area (Å²) < 4.78 is 11.1. The van der Waals surface area contributed by atoms with E-state index in [0.29, 0.717) is 41.5 Å². The minimum Gasteiger partial charge on any atom is -0.493 e. The van der Waals surface area contributed by atoms with Gasteiger partial charge in [0.25, 0.3) is 0 Å². The van der Waals surface area contributed by atoms with Crippen molar-refractivity contribution in [2.75, 3.05) is 20.8 Å². The molecule has 5 rings (SSSR count). The molecule has 0 radical (unpaired) electrons. The lowest BCUT2D eigenvalue weighted by atomic mass is 9.74. The molecule has 0 bridgehead atoms. The van der Waals surface area contributed by atoms with Gasteiger partial charge in [0.1, 0.15) is 0 Å². The molecule has 0 aliphatic carbocycles. The van der Waals surface area contributed by atoms with E-state index < -0.39 is 5.72 Å². The number of nitrogens with zero attached hydrogens (tertiary/aromatic N) is 2. The summed E-state index contributed by atoms with van der Waals surface area (Å²) in [5.41, 5.74) is 3.74. The quantitative estimate of drug-likeness (QED) is 0.544. The number of allylic oxidation sites excluding steroid dienone is 1. The van der Waals surface area contributed by atoms with Crippen LogP contribution in [0.1, 0.15) is 34.6 Å². The summed E-state index contributed by atoms with van der Waals surface area (Å²) >= 11 is 6.16. The fourth-order valence-electron chi connectivity index (χ4n) is 5.25. The van der Waals surface area contributed by atoms with Crippen molar-refractivity contribution in [2.45, 2.75) is 24.5 Å². The third-order valence-electron chi connectivity index (χ3n) is 6.91. The van der Waals surface area contributed by atoms with E-state index >= 15 is 0 Å². The van der Waals surface area contributed by atoms with Crippen LogP contribution in [0, 0.1) is 11.3 Å². The number of nitriles is 1. The molecule has 172 valence electrons. The predicted octanol–water partition coefficient (Wildman–Crippen LogP) is 5.48. The van der Waals surface area contributed by atoms with Crippen molar-refractivity contribution in [2.24, 2.45) is 0 Å². The molecule has 34 heavy (non-hydrogen) atoms. The van der Waals surface area contributed by atoms with Crippen LogP contribution in [0.4, 0.5) is 0 Å². The molecule has 5 nitrogen and oxygen atoms in total. The van der Waals surface area contributed by atoms with Gasteiger partial charge in [-0.2, -0.15) is 5.26 Å². The van der Waals surface area contributed by atoms with Crippen LogP contribution < -0.4 is 9.47 Å². The van der Waals surface area contributed by atoms with Crippen LogP contribution in [0.15, 0.2) is 72.3 Å². The molecule has 2 aliphatic heterocycles. The van der Waals surface area contributed by atoms with E-state index in [9.17, 15) is 10.4 Å². The molecule has 2 unspecified atom stereocenters. The van der Waals surface area contributed by atoms with Gasteiger partial charge in [0.2, 0.25) is 0 Å². The Morgan fingerprint density at radius 3 is 2.35 bits per heavy atom. The summed E-state index contributed by atoms with van der Waals surface area (Å²) in [6.45, 7) is 0.559. The van der Waals surface area contributed by atoms with E-state index in [1.54, 1.807) is 26.4 Å². The van der Waals surface area contributed by atoms with Gasteiger partial charge >= 0.3 is 0 Å². The summed E-state index contributed by atoms with van der Waals surface area (Å²) in [6, 6.07) is 23.6. The molecule has 0 fully saturated rings. The number of halogens is 1. The van der Waals surface area contributed by atoms with Crippen molar-refractivity contribution in [3.05, 3.63) is 99.6 Å². The highest BCUT2D eigenvalue weighted by atomic mass is 35.5. The van der Waals surface area contributed by atoms with Gasteiger partial charge in [-0.1, -0.05) is 54.1 Å². The smallest absolute Gasteiger partial charge is 0.165 e. The zero-order chi connectivity index (χ0) is 23.9. The molecule has 2 heterocycles. The van der Waals surface area contributed by atoms with Crippen molar-refractivity contribution in [3.63, 3.8) is 0 Å². The van der Waals surface area contributed by atoms with Gasteiger partial charge in [-0.3, -0.25) is 0 Å². The Hall–Kier alpha value is -3.46. The molecule has 0 spiro atoms. The lowest BCUT2D eigenvalue weighted by molar-refractivity contribution is -0.0998. The highest BCUT2D eigenvalue weighted by Gasteiger charge is 2.48. The molecule has 0 saturated heterocycles. The minimum atomic E-state index is -1.31. The van der Waals surface area contributed by atoms with Crippen LogP contribution in [0.25, 0.3) is 5.70 Å². The van der Waals surface area contributed by atoms with Gasteiger partial charge in [-0.25, -0.2) is 0 Å². The molecule has 0 amide bonds. The lowest BCUT2D eigenvalue weighted by Gasteiger charge is -2.51. The highest BCUT2D eigenvalue weighted by molar-refractivity contribution is 6.30. The number of methoxy groups -OCH3 is 2.